The van der Waals surface area contributed by atoms with E-state index in [1.54, 1.807) is 7.11 Å². The SMILES string of the molecule is COc1ncnc2ccc(N3CCN(c4ccnc(C)n4)CC3)cc12. The van der Waals surface area contributed by atoms with E-state index in [1.807, 2.05) is 25.3 Å². The number of benzene rings is 1. The van der Waals surface area contributed by atoms with Crippen molar-refractivity contribution in [1.29, 1.82) is 0 Å². The minimum absolute atomic E-state index is 0.613. The van der Waals surface area contributed by atoms with Crippen LogP contribution in [0.25, 0.3) is 10.9 Å². The summed E-state index contributed by atoms with van der Waals surface area (Å²) in [6.45, 7) is 5.65. The summed E-state index contributed by atoms with van der Waals surface area (Å²) >= 11 is 0. The Kier molecular flexibility index (Phi) is 4.05. The maximum absolute atomic E-state index is 5.36. The Balaban J connectivity index is 1.53. The van der Waals surface area contributed by atoms with E-state index in [0.29, 0.717) is 5.88 Å². The summed E-state index contributed by atoms with van der Waals surface area (Å²) in [7, 11) is 1.64. The second-order valence-corrected chi connectivity index (χ2v) is 6.02. The molecule has 1 aliphatic rings. The van der Waals surface area contributed by atoms with E-state index in [0.717, 1.165) is 48.7 Å². The predicted octanol–water partition coefficient (Wildman–Crippen LogP) is 2.06. The van der Waals surface area contributed by atoms with Crippen molar-refractivity contribution in [3.63, 3.8) is 0 Å². The lowest BCUT2D eigenvalue weighted by molar-refractivity contribution is 0.402. The van der Waals surface area contributed by atoms with Crippen LogP contribution < -0.4 is 14.5 Å². The summed E-state index contributed by atoms with van der Waals surface area (Å²) in [4.78, 5) is 21.9. The molecule has 0 spiro atoms. The molecule has 7 heteroatoms. The molecule has 3 heterocycles. The third-order valence-corrected chi connectivity index (χ3v) is 4.51. The Morgan fingerprint density at radius 1 is 0.960 bits per heavy atom. The van der Waals surface area contributed by atoms with Crippen LogP contribution in [-0.4, -0.2) is 53.2 Å². The fourth-order valence-corrected chi connectivity index (χ4v) is 3.19. The zero-order chi connectivity index (χ0) is 17.2. The number of fused-ring (bicyclic) bond motifs is 1. The summed E-state index contributed by atoms with van der Waals surface area (Å²) in [5, 5.41) is 0.941. The summed E-state index contributed by atoms with van der Waals surface area (Å²) in [6.07, 6.45) is 3.35. The lowest BCUT2D eigenvalue weighted by Crippen LogP contribution is -2.46. The van der Waals surface area contributed by atoms with Crippen LogP contribution in [0, 0.1) is 6.92 Å². The number of ether oxygens (including phenoxy) is 1. The van der Waals surface area contributed by atoms with Crippen LogP contribution in [0.4, 0.5) is 11.5 Å². The number of aryl methyl sites for hydroxylation is 1. The standard InChI is InChI=1S/C18H20N6O/c1-13-19-6-5-17(22-13)24-9-7-23(8-10-24)14-3-4-16-15(11-14)18(25-2)21-12-20-16/h3-6,11-12H,7-10H2,1-2H3. The molecule has 0 aliphatic carbocycles. The highest BCUT2D eigenvalue weighted by atomic mass is 16.5. The molecule has 3 aromatic rings. The first-order valence-corrected chi connectivity index (χ1v) is 8.33. The maximum Gasteiger partial charge on any atom is 0.224 e. The van der Waals surface area contributed by atoms with Gasteiger partial charge in [-0.1, -0.05) is 0 Å². The van der Waals surface area contributed by atoms with Crippen LogP contribution >= 0.6 is 0 Å². The van der Waals surface area contributed by atoms with Crippen molar-refractivity contribution in [3.05, 3.63) is 42.6 Å². The number of methoxy groups -OCH3 is 1. The van der Waals surface area contributed by atoms with Gasteiger partial charge in [-0.05, 0) is 31.2 Å². The van der Waals surface area contributed by atoms with Crippen molar-refractivity contribution in [1.82, 2.24) is 19.9 Å². The van der Waals surface area contributed by atoms with Gasteiger partial charge in [0, 0.05) is 38.1 Å². The van der Waals surface area contributed by atoms with Gasteiger partial charge in [0.15, 0.2) is 0 Å². The molecule has 1 aromatic carbocycles. The van der Waals surface area contributed by atoms with Gasteiger partial charge in [-0.3, -0.25) is 0 Å². The Bertz CT molecular complexity index is 892. The number of hydrogen-bond donors (Lipinski definition) is 0. The molecule has 0 unspecified atom stereocenters. The monoisotopic (exact) mass is 336 g/mol. The van der Waals surface area contributed by atoms with Gasteiger partial charge in [-0.2, -0.15) is 0 Å². The van der Waals surface area contributed by atoms with E-state index in [9.17, 15) is 0 Å². The largest absolute Gasteiger partial charge is 0.480 e. The van der Waals surface area contributed by atoms with Crippen LogP contribution in [0.5, 0.6) is 5.88 Å². The Morgan fingerprint density at radius 3 is 2.52 bits per heavy atom. The van der Waals surface area contributed by atoms with E-state index in [2.05, 4.69) is 41.9 Å². The molecule has 128 valence electrons. The second kappa shape index (κ2) is 6.51. The van der Waals surface area contributed by atoms with Crippen LogP contribution in [0.2, 0.25) is 0 Å². The number of aromatic nitrogens is 4. The highest BCUT2D eigenvalue weighted by molar-refractivity contribution is 5.86. The van der Waals surface area contributed by atoms with Crippen LogP contribution in [0.1, 0.15) is 5.82 Å². The van der Waals surface area contributed by atoms with E-state index in [1.165, 1.54) is 12.0 Å². The number of anilines is 2. The highest BCUT2D eigenvalue weighted by Gasteiger charge is 2.19. The lowest BCUT2D eigenvalue weighted by atomic mass is 10.2. The maximum atomic E-state index is 5.36. The zero-order valence-corrected chi connectivity index (χ0v) is 14.4. The molecule has 1 saturated heterocycles. The normalized spacial score (nSPS) is 14.8. The van der Waals surface area contributed by atoms with Crippen molar-refractivity contribution in [2.24, 2.45) is 0 Å². The predicted molar refractivity (Wildman–Crippen MR) is 97.3 cm³/mol. The molecule has 0 atom stereocenters. The molecule has 25 heavy (non-hydrogen) atoms. The number of rotatable bonds is 3. The topological polar surface area (TPSA) is 67.3 Å². The first-order valence-electron chi connectivity index (χ1n) is 8.33. The van der Waals surface area contributed by atoms with Crippen LogP contribution in [0.3, 0.4) is 0 Å². The minimum Gasteiger partial charge on any atom is -0.480 e. The fourth-order valence-electron chi connectivity index (χ4n) is 3.19. The summed E-state index contributed by atoms with van der Waals surface area (Å²) in [6, 6.07) is 8.22. The molecular formula is C18H20N6O. The van der Waals surface area contributed by atoms with E-state index >= 15 is 0 Å². The summed E-state index contributed by atoms with van der Waals surface area (Å²) < 4.78 is 5.36. The van der Waals surface area contributed by atoms with Crippen molar-refractivity contribution < 1.29 is 4.74 Å². The van der Waals surface area contributed by atoms with Gasteiger partial charge in [0.1, 0.15) is 18.0 Å². The molecule has 1 aliphatic heterocycles. The van der Waals surface area contributed by atoms with Gasteiger partial charge in [0.2, 0.25) is 5.88 Å². The average Bonchev–Trinajstić information content (AvgIpc) is 2.67. The summed E-state index contributed by atoms with van der Waals surface area (Å²) in [5.74, 6) is 2.42. The van der Waals surface area contributed by atoms with Gasteiger partial charge in [-0.25, -0.2) is 19.9 Å². The molecule has 0 radical (unpaired) electrons. The van der Waals surface area contributed by atoms with Gasteiger partial charge in [0.25, 0.3) is 0 Å². The third-order valence-electron chi connectivity index (χ3n) is 4.51. The lowest BCUT2D eigenvalue weighted by Gasteiger charge is -2.36. The average molecular weight is 336 g/mol. The van der Waals surface area contributed by atoms with E-state index in [4.69, 9.17) is 4.74 Å². The van der Waals surface area contributed by atoms with Crippen LogP contribution in [0.15, 0.2) is 36.8 Å². The van der Waals surface area contributed by atoms with Crippen molar-refractivity contribution in [2.45, 2.75) is 6.92 Å². The summed E-state index contributed by atoms with van der Waals surface area (Å²) in [5.41, 5.74) is 2.06. The Morgan fingerprint density at radius 2 is 1.76 bits per heavy atom. The van der Waals surface area contributed by atoms with Gasteiger partial charge in [0.05, 0.1) is 18.0 Å². The third kappa shape index (κ3) is 3.05. The molecular weight excluding hydrogens is 316 g/mol. The Hall–Kier alpha value is -2.96. The number of nitrogens with zero attached hydrogens (tertiary/aromatic N) is 6. The first kappa shape index (κ1) is 15.6. The molecule has 2 aromatic heterocycles. The number of piperazine rings is 1. The quantitative estimate of drug-likeness (QED) is 0.725. The van der Waals surface area contributed by atoms with E-state index < -0.39 is 0 Å². The van der Waals surface area contributed by atoms with Crippen molar-refractivity contribution >= 4 is 22.4 Å². The number of hydrogen-bond acceptors (Lipinski definition) is 7. The van der Waals surface area contributed by atoms with E-state index in [-0.39, 0.29) is 0 Å². The highest BCUT2D eigenvalue weighted by Crippen LogP contribution is 2.27. The van der Waals surface area contributed by atoms with Gasteiger partial charge < -0.3 is 14.5 Å². The fraction of sp³-hybridized carbons (Fsp3) is 0.333. The first-order chi connectivity index (χ1) is 12.2. The Labute approximate surface area is 146 Å². The molecule has 4 rings (SSSR count). The molecule has 7 nitrogen and oxygen atoms in total. The minimum atomic E-state index is 0.613. The van der Waals surface area contributed by atoms with Gasteiger partial charge in [-0.15, -0.1) is 0 Å². The molecule has 1 fully saturated rings. The smallest absolute Gasteiger partial charge is 0.224 e. The van der Waals surface area contributed by atoms with Crippen molar-refractivity contribution in [3.8, 4) is 5.88 Å². The molecule has 0 amide bonds. The molecule has 0 saturated carbocycles. The molecule has 0 bridgehead atoms. The van der Waals surface area contributed by atoms with Gasteiger partial charge >= 0.3 is 0 Å². The van der Waals surface area contributed by atoms with Crippen molar-refractivity contribution in [2.75, 3.05) is 43.1 Å². The zero-order valence-electron chi connectivity index (χ0n) is 14.4. The second-order valence-electron chi connectivity index (χ2n) is 6.02. The van der Waals surface area contributed by atoms with Crippen LogP contribution in [-0.2, 0) is 0 Å². The molecule has 0 N–H and O–H groups in total.